The van der Waals surface area contributed by atoms with Crippen LogP contribution in [0.2, 0.25) is 0 Å². The number of para-hydroxylation sites is 2. The van der Waals surface area contributed by atoms with E-state index in [0.717, 1.165) is 0 Å². The van der Waals surface area contributed by atoms with E-state index in [1.807, 2.05) is 0 Å². The number of aliphatic hydroxyl groups is 5. The van der Waals surface area contributed by atoms with Crippen LogP contribution >= 0.6 is 0 Å². The molecule has 114 valence electrons. The van der Waals surface area contributed by atoms with Gasteiger partial charge < -0.3 is 35.7 Å². The molecule has 1 aromatic rings. The number of ketones is 1. The molecule has 3 unspecified atom stereocenters. The number of hydrogen-bond donors (Lipinski definition) is 7. The highest BCUT2D eigenvalue weighted by Gasteiger charge is 2.28. The fraction of sp³-hybridized carbons (Fsp3) is 0.417. The fourth-order valence-corrected chi connectivity index (χ4v) is 1.07. The van der Waals surface area contributed by atoms with Gasteiger partial charge in [-0.1, -0.05) is 12.1 Å². The molecule has 0 aliphatic heterocycles. The number of aliphatic hydroxyl groups excluding tert-OH is 5. The van der Waals surface area contributed by atoms with E-state index in [4.69, 9.17) is 35.7 Å². The summed E-state index contributed by atoms with van der Waals surface area (Å²) >= 11 is 0. The van der Waals surface area contributed by atoms with Crippen LogP contribution in [0.25, 0.3) is 0 Å². The van der Waals surface area contributed by atoms with Crippen LogP contribution in [0, 0.1) is 0 Å². The Morgan fingerprint density at radius 3 is 1.75 bits per heavy atom. The first kappa shape index (κ1) is 18.3. The second-order valence-corrected chi connectivity index (χ2v) is 3.80. The average Bonchev–Trinajstić information content (AvgIpc) is 2.47. The summed E-state index contributed by atoms with van der Waals surface area (Å²) in [5.41, 5.74) is 0. The summed E-state index contributed by atoms with van der Waals surface area (Å²) < 4.78 is 0. The zero-order valence-corrected chi connectivity index (χ0v) is 10.5. The van der Waals surface area contributed by atoms with E-state index in [0.29, 0.717) is 0 Å². The Morgan fingerprint density at radius 1 is 1.00 bits per heavy atom. The molecule has 1 aromatic carbocycles. The normalized spacial score (nSPS) is 14.7. The number of aromatic hydroxyl groups is 2. The maximum absolute atomic E-state index is 10.5. The lowest BCUT2D eigenvalue weighted by molar-refractivity contribution is -0.142. The van der Waals surface area contributed by atoms with Gasteiger partial charge >= 0.3 is 0 Å². The summed E-state index contributed by atoms with van der Waals surface area (Å²) in [6, 6.07) is 6.15. The van der Waals surface area contributed by atoms with Gasteiger partial charge in [0.05, 0.1) is 6.61 Å². The molecule has 0 heterocycles. The molecule has 0 amide bonds. The van der Waals surface area contributed by atoms with E-state index in [1.165, 1.54) is 12.1 Å². The molecule has 0 aliphatic rings. The standard InChI is InChI=1S/C6H12O6.C6H6O2/c7-1-3(9)5(11)6(12)4(10)2-8;7-5-3-1-2-4-6(5)8/h3,5-9,11-12H,1-2H2;1-4,7-8H. The van der Waals surface area contributed by atoms with Crippen LogP contribution in [0.5, 0.6) is 11.5 Å². The Morgan fingerprint density at radius 2 is 1.45 bits per heavy atom. The number of Topliss-reactive ketones (excluding diaryl/α,β-unsaturated/α-hetero) is 1. The van der Waals surface area contributed by atoms with Gasteiger partial charge in [0.25, 0.3) is 0 Å². The van der Waals surface area contributed by atoms with E-state index < -0.39 is 37.3 Å². The van der Waals surface area contributed by atoms with Gasteiger partial charge in [0.15, 0.2) is 17.3 Å². The second-order valence-electron chi connectivity index (χ2n) is 3.80. The van der Waals surface area contributed by atoms with Crippen molar-refractivity contribution in [2.75, 3.05) is 13.2 Å². The maximum atomic E-state index is 10.5. The minimum Gasteiger partial charge on any atom is -0.504 e. The van der Waals surface area contributed by atoms with Crippen LogP contribution in [0.4, 0.5) is 0 Å². The molecule has 3 atom stereocenters. The number of phenols is 2. The number of carbonyl (C=O) groups excluding carboxylic acids is 1. The molecule has 20 heavy (non-hydrogen) atoms. The lowest BCUT2D eigenvalue weighted by Crippen LogP contribution is -2.44. The van der Waals surface area contributed by atoms with E-state index in [1.54, 1.807) is 12.1 Å². The number of carbonyl (C=O) groups is 1. The molecule has 0 spiro atoms. The lowest BCUT2D eigenvalue weighted by Gasteiger charge is -2.19. The van der Waals surface area contributed by atoms with E-state index in [9.17, 15) is 4.79 Å². The van der Waals surface area contributed by atoms with Crippen molar-refractivity contribution in [2.24, 2.45) is 0 Å². The molecular weight excluding hydrogens is 272 g/mol. The van der Waals surface area contributed by atoms with Gasteiger partial charge in [0.2, 0.25) is 0 Å². The van der Waals surface area contributed by atoms with Gasteiger partial charge in [-0.3, -0.25) is 4.79 Å². The largest absolute Gasteiger partial charge is 0.504 e. The Kier molecular flexibility index (Phi) is 8.45. The zero-order chi connectivity index (χ0) is 15.7. The van der Waals surface area contributed by atoms with Gasteiger partial charge in [-0.25, -0.2) is 0 Å². The SMILES string of the molecule is O=C(CO)C(O)C(O)C(O)CO.Oc1ccccc1O. The lowest BCUT2D eigenvalue weighted by atomic mass is 10.1. The minimum absolute atomic E-state index is 0.0764. The highest BCUT2D eigenvalue weighted by Crippen LogP contribution is 2.21. The van der Waals surface area contributed by atoms with E-state index >= 15 is 0 Å². The van der Waals surface area contributed by atoms with Crippen molar-refractivity contribution in [1.29, 1.82) is 0 Å². The third-order valence-electron chi connectivity index (χ3n) is 2.27. The van der Waals surface area contributed by atoms with Crippen molar-refractivity contribution in [3.63, 3.8) is 0 Å². The van der Waals surface area contributed by atoms with Gasteiger partial charge in [-0.2, -0.15) is 0 Å². The predicted octanol–water partition coefficient (Wildman–Crippen LogP) is -2.28. The molecule has 1 rings (SSSR count). The number of phenolic OH excluding ortho intramolecular Hbond substituents is 2. The second kappa shape index (κ2) is 9.23. The Hall–Kier alpha value is -1.71. The summed E-state index contributed by atoms with van der Waals surface area (Å²) in [5.74, 6) is -1.16. The first-order valence-corrected chi connectivity index (χ1v) is 5.60. The number of rotatable bonds is 5. The maximum Gasteiger partial charge on any atom is 0.189 e. The molecule has 8 nitrogen and oxygen atoms in total. The highest BCUT2D eigenvalue weighted by atomic mass is 16.4. The number of hydrogen-bond acceptors (Lipinski definition) is 8. The quantitative estimate of drug-likeness (QED) is 0.299. The van der Waals surface area contributed by atoms with Crippen molar-refractivity contribution in [1.82, 2.24) is 0 Å². The summed E-state index contributed by atoms with van der Waals surface area (Å²) in [5, 5.41) is 60.4. The van der Waals surface area contributed by atoms with Gasteiger partial charge in [-0.05, 0) is 12.1 Å². The first-order valence-electron chi connectivity index (χ1n) is 5.60. The van der Waals surface area contributed by atoms with Crippen LogP contribution < -0.4 is 0 Å². The van der Waals surface area contributed by atoms with Crippen LogP contribution in [-0.4, -0.2) is 73.1 Å². The van der Waals surface area contributed by atoms with Gasteiger partial charge in [0, 0.05) is 0 Å². The molecule has 0 fully saturated rings. The van der Waals surface area contributed by atoms with Crippen molar-refractivity contribution in [3.05, 3.63) is 24.3 Å². The Balaban J connectivity index is 0.000000388. The summed E-state index contributed by atoms with van der Waals surface area (Å²) in [6.07, 6.45) is -5.22. The molecule has 0 bridgehead atoms. The summed E-state index contributed by atoms with van der Waals surface area (Å²) in [4.78, 5) is 10.5. The topological polar surface area (TPSA) is 159 Å². The minimum atomic E-state index is -1.86. The van der Waals surface area contributed by atoms with Gasteiger partial charge in [0.1, 0.15) is 24.9 Å². The van der Waals surface area contributed by atoms with Crippen LogP contribution in [0.3, 0.4) is 0 Å². The average molecular weight is 290 g/mol. The summed E-state index contributed by atoms with van der Waals surface area (Å²) in [6.45, 7) is -1.69. The molecule has 0 radical (unpaired) electrons. The Bertz CT molecular complexity index is 387. The molecule has 0 saturated heterocycles. The molecule has 7 N–H and O–H groups in total. The first-order chi connectivity index (χ1) is 9.34. The third-order valence-corrected chi connectivity index (χ3v) is 2.27. The smallest absolute Gasteiger partial charge is 0.189 e. The van der Waals surface area contributed by atoms with Crippen molar-refractivity contribution in [2.45, 2.75) is 18.3 Å². The van der Waals surface area contributed by atoms with Crippen molar-refractivity contribution < 1.29 is 40.5 Å². The summed E-state index contributed by atoms with van der Waals surface area (Å²) in [7, 11) is 0. The van der Waals surface area contributed by atoms with Crippen molar-refractivity contribution in [3.8, 4) is 11.5 Å². The third kappa shape index (κ3) is 5.95. The Labute approximate surface area is 114 Å². The highest BCUT2D eigenvalue weighted by molar-refractivity contribution is 5.84. The molecule has 8 heteroatoms. The van der Waals surface area contributed by atoms with Crippen molar-refractivity contribution >= 4 is 5.78 Å². The fourth-order valence-electron chi connectivity index (χ4n) is 1.07. The van der Waals surface area contributed by atoms with E-state index in [2.05, 4.69) is 0 Å². The monoisotopic (exact) mass is 290 g/mol. The number of benzene rings is 1. The zero-order valence-electron chi connectivity index (χ0n) is 10.5. The van der Waals surface area contributed by atoms with E-state index in [-0.39, 0.29) is 11.5 Å². The molecular formula is C12H18O8. The van der Waals surface area contributed by atoms with Crippen LogP contribution in [-0.2, 0) is 4.79 Å². The molecule has 0 aromatic heterocycles. The predicted molar refractivity (Wildman–Crippen MR) is 67.0 cm³/mol. The van der Waals surface area contributed by atoms with Gasteiger partial charge in [-0.15, -0.1) is 0 Å². The van der Waals surface area contributed by atoms with Crippen LogP contribution in [0.15, 0.2) is 24.3 Å². The van der Waals surface area contributed by atoms with Crippen LogP contribution in [0.1, 0.15) is 0 Å². The molecule has 0 aliphatic carbocycles. The molecule has 0 saturated carbocycles.